The molecular formula is C13H8Cl2N4O2. The summed E-state index contributed by atoms with van der Waals surface area (Å²) in [5, 5.41) is 13.6. The van der Waals surface area contributed by atoms with E-state index in [1.807, 2.05) is 0 Å². The molecule has 1 aromatic carbocycles. The molecule has 0 aliphatic heterocycles. The van der Waals surface area contributed by atoms with Gasteiger partial charge in [0.05, 0.1) is 16.9 Å². The van der Waals surface area contributed by atoms with E-state index >= 15 is 0 Å². The average molecular weight is 323 g/mol. The molecule has 0 radical (unpaired) electrons. The Bertz CT molecular complexity index is 783. The van der Waals surface area contributed by atoms with Gasteiger partial charge < -0.3 is 9.84 Å². The number of hydrogen-bond donors (Lipinski definition) is 2. The molecule has 3 rings (SSSR count). The lowest BCUT2D eigenvalue weighted by molar-refractivity contribution is 0.101. The molecule has 0 aliphatic rings. The predicted octanol–water partition coefficient (Wildman–Crippen LogP) is 3.62. The third-order valence-electron chi connectivity index (χ3n) is 2.70. The predicted molar refractivity (Wildman–Crippen MR) is 78.5 cm³/mol. The summed E-state index contributed by atoms with van der Waals surface area (Å²) in [6.07, 6.45) is 3.03. The van der Waals surface area contributed by atoms with Crippen LogP contribution in [0.3, 0.4) is 0 Å². The van der Waals surface area contributed by atoms with Crippen molar-refractivity contribution < 1.29 is 9.32 Å². The minimum Gasteiger partial charge on any atom is -0.355 e. The maximum absolute atomic E-state index is 12.0. The zero-order chi connectivity index (χ0) is 14.8. The van der Waals surface area contributed by atoms with Gasteiger partial charge in [-0.1, -0.05) is 28.4 Å². The first kappa shape index (κ1) is 13.7. The molecule has 2 N–H and O–H groups in total. The summed E-state index contributed by atoms with van der Waals surface area (Å²) in [6.45, 7) is 0. The molecule has 0 bridgehead atoms. The summed E-state index contributed by atoms with van der Waals surface area (Å²) in [7, 11) is 0. The fourth-order valence-electron chi connectivity index (χ4n) is 1.71. The Balaban J connectivity index is 1.84. The van der Waals surface area contributed by atoms with Crippen molar-refractivity contribution in [2.24, 2.45) is 0 Å². The molecule has 8 heteroatoms. The number of aromatic amines is 1. The topological polar surface area (TPSA) is 83.8 Å². The smallest absolute Gasteiger partial charge is 0.277 e. The molecule has 106 valence electrons. The highest BCUT2D eigenvalue weighted by atomic mass is 35.5. The largest absolute Gasteiger partial charge is 0.355 e. The summed E-state index contributed by atoms with van der Waals surface area (Å²) in [4.78, 5) is 12.0. The molecule has 0 unspecified atom stereocenters. The number of hydrogen-bond acceptors (Lipinski definition) is 4. The summed E-state index contributed by atoms with van der Waals surface area (Å²) in [5.74, 6) is -0.0227. The van der Waals surface area contributed by atoms with Crippen LogP contribution in [-0.2, 0) is 0 Å². The van der Waals surface area contributed by atoms with Gasteiger partial charge in [-0.25, -0.2) is 0 Å². The van der Waals surface area contributed by atoms with E-state index in [0.717, 1.165) is 0 Å². The van der Waals surface area contributed by atoms with E-state index in [4.69, 9.17) is 27.7 Å². The lowest BCUT2D eigenvalue weighted by Gasteiger charge is -1.99. The van der Waals surface area contributed by atoms with Crippen molar-refractivity contribution in [3.63, 3.8) is 0 Å². The standard InChI is InChI=1S/C13H8Cl2N4O2/c14-7-1-2-9(10(15)3-7)12-4-11(19-21-12)13(20)18-8-5-16-17-6-8/h1-6H,(H,16,17)(H,18,20). The van der Waals surface area contributed by atoms with Crippen molar-refractivity contribution >= 4 is 34.8 Å². The van der Waals surface area contributed by atoms with Crippen LogP contribution < -0.4 is 5.32 Å². The van der Waals surface area contributed by atoms with Crippen LogP contribution in [0.2, 0.25) is 10.0 Å². The highest BCUT2D eigenvalue weighted by Gasteiger charge is 2.16. The van der Waals surface area contributed by atoms with Gasteiger partial charge in [0.1, 0.15) is 0 Å². The van der Waals surface area contributed by atoms with E-state index in [9.17, 15) is 4.79 Å². The molecule has 2 heterocycles. The lowest BCUT2D eigenvalue weighted by Crippen LogP contribution is -2.11. The number of halogens is 2. The zero-order valence-corrected chi connectivity index (χ0v) is 11.9. The summed E-state index contributed by atoms with van der Waals surface area (Å²) in [6, 6.07) is 6.47. The van der Waals surface area contributed by atoms with Crippen molar-refractivity contribution in [3.05, 3.63) is 52.4 Å². The first-order valence-electron chi connectivity index (χ1n) is 5.86. The molecule has 0 aliphatic carbocycles. The van der Waals surface area contributed by atoms with Crippen LogP contribution in [0.15, 0.2) is 41.2 Å². The highest BCUT2D eigenvalue weighted by molar-refractivity contribution is 6.36. The molecule has 2 aromatic heterocycles. The maximum atomic E-state index is 12.0. The van der Waals surface area contributed by atoms with Gasteiger partial charge in [-0.3, -0.25) is 9.89 Å². The fourth-order valence-corrected chi connectivity index (χ4v) is 2.21. The van der Waals surface area contributed by atoms with E-state index in [2.05, 4.69) is 20.7 Å². The molecule has 6 nitrogen and oxygen atoms in total. The molecule has 0 saturated heterocycles. The van der Waals surface area contributed by atoms with Gasteiger partial charge in [-0.15, -0.1) is 0 Å². The first-order valence-corrected chi connectivity index (χ1v) is 6.61. The fraction of sp³-hybridized carbons (Fsp3) is 0. The van der Waals surface area contributed by atoms with E-state index in [0.29, 0.717) is 27.1 Å². The normalized spacial score (nSPS) is 10.6. The number of nitrogens with one attached hydrogen (secondary N) is 2. The Kier molecular flexibility index (Phi) is 3.64. The first-order chi connectivity index (χ1) is 10.1. The number of amides is 1. The van der Waals surface area contributed by atoms with Crippen LogP contribution in [0.4, 0.5) is 5.69 Å². The third-order valence-corrected chi connectivity index (χ3v) is 3.24. The second kappa shape index (κ2) is 5.59. The van der Waals surface area contributed by atoms with Crippen LogP contribution in [0, 0.1) is 0 Å². The molecule has 0 spiro atoms. The third kappa shape index (κ3) is 2.91. The van der Waals surface area contributed by atoms with Gasteiger partial charge in [-0.05, 0) is 18.2 Å². The van der Waals surface area contributed by atoms with Crippen LogP contribution in [-0.4, -0.2) is 21.3 Å². The Morgan fingerprint density at radius 3 is 2.86 bits per heavy atom. The molecule has 1 amide bonds. The van der Waals surface area contributed by atoms with Gasteiger partial charge in [0.25, 0.3) is 5.91 Å². The summed E-state index contributed by atoms with van der Waals surface area (Å²) < 4.78 is 5.15. The van der Waals surface area contributed by atoms with Gasteiger partial charge in [-0.2, -0.15) is 5.10 Å². The quantitative estimate of drug-likeness (QED) is 0.771. The molecule has 0 atom stereocenters. The Morgan fingerprint density at radius 1 is 1.29 bits per heavy atom. The van der Waals surface area contributed by atoms with Crippen molar-refractivity contribution in [2.45, 2.75) is 0 Å². The van der Waals surface area contributed by atoms with Crippen LogP contribution in [0.5, 0.6) is 0 Å². The Morgan fingerprint density at radius 2 is 2.14 bits per heavy atom. The number of benzene rings is 1. The van der Waals surface area contributed by atoms with E-state index < -0.39 is 5.91 Å². The van der Waals surface area contributed by atoms with E-state index in [1.165, 1.54) is 12.3 Å². The van der Waals surface area contributed by atoms with Crippen molar-refractivity contribution in [1.82, 2.24) is 15.4 Å². The van der Waals surface area contributed by atoms with Gasteiger partial charge in [0.15, 0.2) is 11.5 Å². The lowest BCUT2D eigenvalue weighted by atomic mass is 10.1. The molecule has 0 saturated carbocycles. The zero-order valence-electron chi connectivity index (χ0n) is 10.4. The van der Waals surface area contributed by atoms with Crippen LogP contribution >= 0.6 is 23.2 Å². The van der Waals surface area contributed by atoms with E-state index in [1.54, 1.807) is 24.4 Å². The van der Waals surface area contributed by atoms with Gasteiger partial charge in [0, 0.05) is 22.8 Å². The second-order valence-electron chi connectivity index (χ2n) is 4.14. The average Bonchev–Trinajstić information content (AvgIpc) is 3.09. The monoisotopic (exact) mass is 322 g/mol. The number of anilines is 1. The van der Waals surface area contributed by atoms with E-state index in [-0.39, 0.29) is 5.69 Å². The Hall–Kier alpha value is -2.31. The summed E-state index contributed by atoms with van der Waals surface area (Å²) >= 11 is 11.9. The number of H-pyrrole nitrogens is 1. The number of rotatable bonds is 3. The minimum absolute atomic E-state index is 0.136. The maximum Gasteiger partial charge on any atom is 0.277 e. The Labute approximate surface area is 129 Å². The molecular weight excluding hydrogens is 315 g/mol. The number of carbonyl (C=O) groups excluding carboxylic acids is 1. The molecule has 3 aromatic rings. The minimum atomic E-state index is -0.406. The highest BCUT2D eigenvalue weighted by Crippen LogP contribution is 2.30. The van der Waals surface area contributed by atoms with Gasteiger partial charge in [0.2, 0.25) is 0 Å². The van der Waals surface area contributed by atoms with Crippen molar-refractivity contribution in [2.75, 3.05) is 5.32 Å². The van der Waals surface area contributed by atoms with Crippen LogP contribution in [0.1, 0.15) is 10.5 Å². The molecule has 0 fully saturated rings. The number of aromatic nitrogens is 3. The van der Waals surface area contributed by atoms with Gasteiger partial charge >= 0.3 is 0 Å². The second-order valence-corrected chi connectivity index (χ2v) is 4.99. The number of nitrogens with zero attached hydrogens (tertiary/aromatic N) is 2. The van der Waals surface area contributed by atoms with Crippen molar-refractivity contribution in [3.8, 4) is 11.3 Å². The van der Waals surface area contributed by atoms with Crippen molar-refractivity contribution in [1.29, 1.82) is 0 Å². The number of carbonyl (C=O) groups is 1. The summed E-state index contributed by atoms with van der Waals surface area (Å²) in [5.41, 5.74) is 1.28. The van der Waals surface area contributed by atoms with Crippen LogP contribution in [0.25, 0.3) is 11.3 Å². The SMILES string of the molecule is O=C(Nc1cn[nH]c1)c1cc(-c2ccc(Cl)cc2Cl)on1. The molecule has 21 heavy (non-hydrogen) atoms.